The van der Waals surface area contributed by atoms with Gasteiger partial charge in [0, 0.05) is 16.7 Å². The van der Waals surface area contributed by atoms with Gasteiger partial charge in [0.1, 0.15) is 11.6 Å². The molecule has 0 spiro atoms. The van der Waals surface area contributed by atoms with Crippen LogP contribution in [0.15, 0.2) is 35.2 Å². The number of carboxylic acids is 1. The van der Waals surface area contributed by atoms with Gasteiger partial charge >= 0.3 is 12.1 Å². The minimum Gasteiger partial charge on any atom is -0.480 e. The summed E-state index contributed by atoms with van der Waals surface area (Å²) in [6.45, 7) is 5.69. The van der Waals surface area contributed by atoms with Crippen LogP contribution < -0.4 is 0 Å². The Labute approximate surface area is 134 Å². The summed E-state index contributed by atoms with van der Waals surface area (Å²) in [5.74, 6) is -0.984. The smallest absolute Gasteiger partial charge is 0.411 e. The first-order valence-electron chi connectivity index (χ1n) is 7.20. The van der Waals surface area contributed by atoms with Gasteiger partial charge in [0.15, 0.2) is 0 Å². The first-order chi connectivity index (χ1) is 10.3. The molecule has 0 unspecified atom stereocenters. The van der Waals surface area contributed by atoms with E-state index in [1.165, 1.54) is 4.90 Å². The summed E-state index contributed by atoms with van der Waals surface area (Å²) in [5.41, 5.74) is -0.634. The molecule has 22 heavy (non-hydrogen) atoms. The van der Waals surface area contributed by atoms with Crippen LogP contribution in [-0.4, -0.2) is 45.5 Å². The molecule has 0 saturated carbocycles. The Kier molecular flexibility index (Phi) is 5.01. The fourth-order valence-electron chi connectivity index (χ4n) is 2.33. The van der Waals surface area contributed by atoms with Gasteiger partial charge in [-0.2, -0.15) is 0 Å². The van der Waals surface area contributed by atoms with E-state index < -0.39 is 23.7 Å². The monoisotopic (exact) mass is 323 g/mol. The number of aliphatic carboxylic acids is 1. The molecule has 0 bridgehead atoms. The summed E-state index contributed by atoms with van der Waals surface area (Å²) < 4.78 is 5.31. The van der Waals surface area contributed by atoms with Gasteiger partial charge in [0.25, 0.3) is 0 Å². The van der Waals surface area contributed by atoms with Gasteiger partial charge in [0.2, 0.25) is 0 Å². The average molecular weight is 323 g/mol. The molecule has 0 aliphatic carbocycles. The van der Waals surface area contributed by atoms with Crippen LogP contribution in [0.1, 0.15) is 27.2 Å². The molecule has 1 fully saturated rings. The van der Waals surface area contributed by atoms with Crippen molar-refractivity contribution in [2.45, 2.75) is 49.0 Å². The summed E-state index contributed by atoms with van der Waals surface area (Å²) in [6.07, 6.45) is -0.134. The summed E-state index contributed by atoms with van der Waals surface area (Å²) in [7, 11) is 0. The molecule has 1 aliphatic rings. The molecule has 1 aromatic carbocycles. The number of thioether (sulfide) groups is 1. The second kappa shape index (κ2) is 6.60. The van der Waals surface area contributed by atoms with Crippen LogP contribution in [0.2, 0.25) is 0 Å². The largest absolute Gasteiger partial charge is 0.480 e. The van der Waals surface area contributed by atoms with Crippen molar-refractivity contribution >= 4 is 23.8 Å². The zero-order valence-corrected chi connectivity index (χ0v) is 13.8. The first-order valence-corrected chi connectivity index (χ1v) is 8.08. The van der Waals surface area contributed by atoms with Gasteiger partial charge in [-0.1, -0.05) is 18.2 Å². The number of amides is 1. The zero-order valence-electron chi connectivity index (χ0n) is 13.0. The molecule has 120 valence electrons. The Balaban J connectivity index is 2.06. The number of hydrogen-bond donors (Lipinski definition) is 1. The molecule has 0 aromatic heterocycles. The summed E-state index contributed by atoms with van der Waals surface area (Å²) in [6, 6.07) is 8.96. The number of benzene rings is 1. The standard InChI is InChI=1S/C16H21NO4S/c1-16(2,3)21-15(20)17-10-12(9-13(17)14(18)19)22-11-7-5-4-6-8-11/h4-8,12-13H,9-10H2,1-3H3,(H,18,19)/t12-,13+/m1/s1. The van der Waals surface area contributed by atoms with Crippen LogP contribution in [0.3, 0.4) is 0 Å². The van der Waals surface area contributed by atoms with Gasteiger partial charge < -0.3 is 9.84 Å². The van der Waals surface area contributed by atoms with E-state index in [1.807, 2.05) is 30.3 Å². The number of carbonyl (C=O) groups excluding carboxylic acids is 1. The average Bonchev–Trinajstić information content (AvgIpc) is 2.82. The maximum Gasteiger partial charge on any atom is 0.411 e. The number of nitrogens with zero attached hydrogens (tertiary/aromatic N) is 1. The fraction of sp³-hybridized carbons (Fsp3) is 0.500. The summed E-state index contributed by atoms with van der Waals surface area (Å²) >= 11 is 1.60. The molecule has 5 nitrogen and oxygen atoms in total. The predicted octanol–water partition coefficient (Wildman–Crippen LogP) is 3.24. The third kappa shape index (κ3) is 4.40. The normalized spacial score (nSPS) is 21.7. The lowest BCUT2D eigenvalue weighted by molar-refractivity contribution is -0.142. The second-order valence-corrected chi connectivity index (χ2v) is 7.65. The topological polar surface area (TPSA) is 66.8 Å². The van der Waals surface area contributed by atoms with E-state index >= 15 is 0 Å². The van der Waals surface area contributed by atoms with Crippen molar-refractivity contribution in [3.8, 4) is 0 Å². The van der Waals surface area contributed by atoms with Crippen molar-refractivity contribution in [3.63, 3.8) is 0 Å². The van der Waals surface area contributed by atoms with Gasteiger partial charge in [0.05, 0.1) is 0 Å². The molecular formula is C16H21NO4S. The van der Waals surface area contributed by atoms with Crippen molar-refractivity contribution in [2.24, 2.45) is 0 Å². The molecule has 2 atom stereocenters. The van der Waals surface area contributed by atoms with Crippen LogP contribution in [-0.2, 0) is 9.53 Å². The number of carbonyl (C=O) groups is 2. The molecule has 1 heterocycles. The van der Waals surface area contributed by atoms with Gasteiger partial charge in [-0.05, 0) is 39.3 Å². The summed E-state index contributed by atoms with van der Waals surface area (Å²) in [4.78, 5) is 26.0. The van der Waals surface area contributed by atoms with Crippen LogP contribution in [0.5, 0.6) is 0 Å². The Morgan fingerprint density at radius 1 is 1.27 bits per heavy atom. The maximum atomic E-state index is 12.2. The highest BCUT2D eigenvalue weighted by atomic mass is 32.2. The van der Waals surface area contributed by atoms with E-state index in [4.69, 9.17) is 4.74 Å². The molecule has 6 heteroatoms. The Morgan fingerprint density at radius 3 is 2.45 bits per heavy atom. The lowest BCUT2D eigenvalue weighted by Gasteiger charge is -2.26. The van der Waals surface area contributed by atoms with Crippen molar-refractivity contribution in [1.82, 2.24) is 4.90 Å². The quantitative estimate of drug-likeness (QED) is 0.925. The van der Waals surface area contributed by atoms with Crippen LogP contribution in [0.25, 0.3) is 0 Å². The number of hydrogen-bond acceptors (Lipinski definition) is 4. The third-order valence-electron chi connectivity index (χ3n) is 3.22. The Bertz CT molecular complexity index is 541. The SMILES string of the molecule is CC(C)(C)OC(=O)N1C[C@H](Sc2ccccc2)C[C@H]1C(=O)O. The fourth-order valence-corrected chi connectivity index (χ4v) is 3.54. The maximum absolute atomic E-state index is 12.2. The van der Waals surface area contributed by atoms with Gasteiger partial charge in [-0.15, -0.1) is 11.8 Å². The number of likely N-dealkylation sites (tertiary alicyclic amines) is 1. The third-order valence-corrected chi connectivity index (χ3v) is 4.44. The van der Waals surface area contributed by atoms with E-state index in [0.29, 0.717) is 13.0 Å². The molecule has 1 aromatic rings. The van der Waals surface area contributed by atoms with Crippen molar-refractivity contribution in [3.05, 3.63) is 30.3 Å². The highest BCUT2D eigenvalue weighted by Crippen LogP contribution is 2.33. The minimum atomic E-state index is -0.984. The molecule has 0 radical (unpaired) electrons. The van der Waals surface area contributed by atoms with Crippen LogP contribution in [0, 0.1) is 0 Å². The summed E-state index contributed by atoms with van der Waals surface area (Å²) in [5, 5.41) is 9.41. The molecule has 1 amide bonds. The van der Waals surface area contributed by atoms with Crippen molar-refractivity contribution in [2.75, 3.05) is 6.54 Å². The van der Waals surface area contributed by atoms with Crippen LogP contribution in [0.4, 0.5) is 4.79 Å². The number of rotatable bonds is 3. The Hall–Kier alpha value is -1.69. The van der Waals surface area contributed by atoms with E-state index in [0.717, 1.165) is 4.90 Å². The molecule has 1 N–H and O–H groups in total. The van der Waals surface area contributed by atoms with Crippen molar-refractivity contribution in [1.29, 1.82) is 0 Å². The van der Waals surface area contributed by atoms with Crippen molar-refractivity contribution < 1.29 is 19.4 Å². The van der Waals surface area contributed by atoms with E-state index in [9.17, 15) is 14.7 Å². The predicted molar refractivity (Wildman–Crippen MR) is 85.1 cm³/mol. The lowest BCUT2D eigenvalue weighted by Crippen LogP contribution is -2.43. The van der Waals surface area contributed by atoms with Crippen LogP contribution >= 0.6 is 11.8 Å². The zero-order chi connectivity index (χ0) is 16.3. The van der Waals surface area contributed by atoms with E-state index in [-0.39, 0.29) is 5.25 Å². The van der Waals surface area contributed by atoms with E-state index in [2.05, 4.69) is 0 Å². The highest BCUT2D eigenvalue weighted by molar-refractivity contribution is 8.00. The lowest BCUT2D eigenvalue weighted by atomic mass is 10.2. The molecule has 1 saturated heterocycles. The van der Waals surface area contributed by atoms with Gasteiger partial charge in [-0.25, -0.2) is 9.59 Å². The van der Waals surface area contributed by atoms with E-state index in [1.54, 1.807) is 32.5 Å². The van der Waals surface area contributed by atoms with Gasteiger partial charge in [-0.3, -0.25) is 4.90 Å². The second-order valence-electron chi connectivity index (χ2n) is 6.28. The minimum absolute atomic E-state index is 0.0519. The molecule has 1 aliphatic heterocycles. The molecular weight excluding hydrogens is 302 g/mol. The number of carboxylic acid groups (broad SMARTS) is 1. The first kappa shape index (κ1) is 16.7. The Morgan fingerprint density at radius 2 is 1.91 bits per heavy atom. The highest BCUT2D eigenvalue weighted by Gasteiger charge is 2.41. The number of ether oxygens (including phenoxy) is 1. The molecule has 2 rings (SSSR count).